The second-order valence-corrected chi connectivity index (χ2v) is 5.64. The summed E-state index contributed by atoms with van der Waals surface area (Å²) in [6.07, 6.45) is 1.06. The first kappa shape index (κ1) is 17.0. The Kier molecular flexibility index (Phi) is 5.73. The fourth-order valence-electron chi connectivity index (χ4n) is 2.54. The summed E-state index contributed by atoms with van der Waals surface area (Å²) in [5.41, 5.74) is 1.67. The maximum Gasteiger partial charge on any atom is 0.313 e. The molecule has 0 spiro atoms. The number of carbonyl (C=O) groups is 3. The van der Waals surface area contributed by atoms with Crippen molar-refractivity contribution >= 4 is 23.5 Å². The average molecular weight is 318 g/mol. The van der Waals surface area contributed by atoms with E-state index in [9.17, 15) is 14.4 Å². The first-order valence-corrected chi connectivity index (χ1v) is 7.84. The monoisotopic (exact) mass is 318 g/mol. The molecule has 0 aromatic heterocycles. The minimum Gasteiger partial charge on any atom is -0.466 e. The van der Waals surface area contributed by atoms with E-state index in [1.54, 1.807) is 19.1 Å². The lowest BCUT2D eigenvalue weighted by Gasteiger charge is -2.30. The van der Waals surface area contributed by atoms with Crippen LogP contribution in [0.5, 0.6) is 0 Å². The fourth-order valence-corrected chi connectivity index (χ4v) is 2.54. The van der Waals surface area contributed by atoms with Gasteiger partial charge in [-0.15, -0.1) is 0 Å². The highest BCUT2D eigenvalue weighted by atomic mass is 16.5. The number of ether oxygens (including phenoxy) is 1. The highest BCUT2D eigenvalue weighted by Crippen LogP contribution is 2.19. The normalized spacial score (nSPS) is 15.1. The van der Waals surface area contributed by atoms with Crippen molar-refractivity contribution in [1.29, 1.82) is 0 Å². The molecule has 0 atom stereocenters. The SMILES string of the molecule is CCOC(=O)C1CCN(C(=O)C(=O)Nc2ccc(C)cc2)CC1. The predicted octanol–water partition coefficient (Wildman–Crippen LogP) is 1.74. The molecule has 23 heavy (non-hydrogen) atoms. The van der Waals surface area contributed by atoms with Gasteiger partial charge >= 0.3 is 17.8 Å². The fraction of sp³-hybridized carbons (Fsp3) is 0.471. The third-order valence-corrected chi connectivity index (χ3v) is 3.91. The Morgan fingerprint density at radius 1 is 1.17 bits per heavy atom. The summed E-state index contributed by atoms with van der Waals surface area (Å²) in [5, 5.41) is 2.60. The van der Waals surface area contributed by atoms with Crippen molar-refractivity contribution in [3.8, 4) is 0 Å². The zero-order valence-corrected chi connectivity index (χ0v) is 13.5. The van der Waals surface area contributed by atoms with Crippen molar-refractivity contribution in [1.82, 2.24) is 4.90 Å². The highest BCUT2D eigenvalue weighted by molar-refractivity contribution is 6.39. The van der Waals surface area contributed by atoms with Crippen LogP contribution < -0.4 is 5.32 Å². The van der Waals surface area contributed by atoms with E-state index in [0.717, 1.165) is 5.56 Å². The highest BCUT2D eigenvalue weighted by Gasteiger charge is 2.30. The molecule has 2 rings (SSSR count). The third-order valence-electron chi connectivity index (χ3n) is 3.91. The Bertz CT molecular complexity index is 575. The second-order valence-electron chi connectivity index (χ2n) is 5.64. The van der Waals surface area contributed by atoms with Crippen molar-refractivity contribution in [3.63, 3.8) is 0 Å². The van der Waals surface area contributed by atoms with E-state index in [1.807, 2.05) is 19.1 Å². The third kappa shape index (κ3) is 4.55. The molecule has 0 unspecified atom stereocenters. The number of hydrogen-bond acceptors (Lipinski definition) is 4. The van der Waals surface area contributed by atoms with Crippen molar-refractivity contribution in [2.24, 2.45) is 5.92 Å². The number of anilines is 1. The molecule has 0 radical (unpaired) electrons. The number of amides is 2. The van der Waals surface area contributed by atoms with Gasteiger partial charge < -0.3 is 15.0 Å². The molecule has 6 heteroatoms. The Morgan fingerprint density at radius 3 is 2.35 bits per heavy atom. The predicted molar refractivity (Wildman–Crippen MR) is 85.7 cm³/mol. The molecule has 6 nitrogen and oxygen atoms in total. The smallest absolute Gasteiger partial charge is 0.313 e. The summed E-state index contributed by atoms with van der Waals surface area (Å²) in [6.45, 7) is 4.86. The van der Waals surface area contributed by atoms with Crippen LogP contribution in [0.2, 0.25) is 0 Å². The number of hydrogen-bond donors (Lipinski definition) is 1. The lowest BCUT2D eigenvalue weighted by atomic mass is 9.97. The van der Waals surface area contributed by atoms with Gasteiger partial charge in [-0.25, -0.2) is 0 Å². The van der Waals surface area contributed by atoms with Crippen LogP contribution in [0.1, 0.15) is 25.3 Å². The number of carbonyl (C=O) groups excluding carboxylic acids is 3. The Hall–Kier alpha value is -2.37. The quantitative estimate of drug-likeness (QED) is 0.680. The van der Waals surface area contributed by atoms with Crippen LogP contribution in [-0.4, -0.2) is 42.4 Å². The van der Waals surface area contributed by atoms with Crippen molar-refractivity contribution < 1.29 is 19.1 Å². The van der Waals surface area contributed by atoms with Crippen LogP contribution in [0.4, 0.5) is 5.69 Å². The van der Waals surface area contributed by atoms with Gasteiger partial charge in [0.1, 0.15) is 0 Å². The lowest BCUT2D eigenvalue weighted by molar-refractivity contribution is -0.152. The molecule has 1 fully saturated rings. The van der Waals surface area contributed by atoms with E-state index in [4.69, 9.17) is 4.74 Å². The molecule has 0 saturated carbocycles. The van der Waals surface area contributed by atoms with Gasteiger partial charge in [-0.2, -0.15) is 0 Å². The Labute approximate surface area is 135 Å². The maximum atomic E-state index is 12.2. The molecule has 0 aliphatic carbocycles. The zero-order valence-electron chi connectivity index (χ0n) is 13.5. The summed E-state index contributed by atoms with van der Waals surface area (Å²) in [5.74, 6) is -1.61. The minimum absolute atomic E-state index is 0.181. The standard InChI is InChI=1S/C17H22N2O4/c1-3-23-17(22)13-8-10-19(11-9-13)16(21)15(20)18-14-6-4-12(2)5-7-14/h4-7,13H,3,8-11H2,1-2H3,(H,18,20). The molecule has 1 aromatic rings. The molecule has 1 saturated heterocycles. The summed E-state index contributed by atoms with van der Waals surface area (Å²) in [4.78, 5) is 37.3. The van der Waals surface area contributed by atoms with Crippen LogP contribution in [-0.2, 0) is 19.1 Å². The van der Waals surface area contributed by atoms with Gasteiger partial charge in [-0.3, -0.25) is 14.4 Å². The van der Waals surface area contributed by atoms with E-state index in [0.29, 0.717) is 38.2 Å². The van der Waals surface area contributed by atoms with Gasteiger partial charge in [-0.05, 0) is 38.8 Å². The summed E-state index contributed by atoms with van der Waals surface area (Å²) < 4.78 is 4.99. The van der Waals surface area contributed by atoms with Gasteiger partial charge in [0.2, 0.25) is 0 Å². The first-order valence-electron chi connectivity index (χ1n) is 7.84. The number of nitrogens with one attached hydrogen (secondary N) is 1. The molecule has 1 aliphatic rings. The van der Waals surface area contributed by atoms with E-state index in [1.165, 1.54) is 4.90 Å². The number of rotatable bonds is 3. The minimum atomic E-state index is -0.650. The zero-order chi connectivity index (χ0) is 16.8. The first-order chi connectivity index (χ1) is 11.0. The van der Waals surface area contributed by atoms with Crippen molar-refractivity contribution in [2.45, 2.75) is 26.7 Å². The average Bonchev–Trinajstić information content (AvgIpc) is 2.56. The number of nitrogens with zero attached hydrogens (tertiary/aromatic N) is 1. The summed E-state index contributed by atoms with van der Waals surface area (Å²) in [7, 11) is 0. The number of piperidine rings is 1. The molecular formula is C17H22N2O4. The van der Waals surface area contributed by atoms with Gasteiger partial charge in [-0.1, -0.05) is 17.7 Å². The number of esters is 1. The maximum absolute atomic E-state index is 12.2. The lowest BCUT2D eigenvalue weighted by Crippen LogP contribution is -2.45. The summed E-state index contributed by atoms with van der Waals surface area (Å²) in [6, 6.07) is 7.25. The van der Waals surface area contributed by atoms with Gasteiger partial charge in [0.25, 0.3) is 0 Å². The van der Waals surface area contributed by atoms with E-state index >= 15 is 0 Å². The van der Waals surface area contributed by atoms with Gasteiger partial charge in [0.15, 0.2) is 0 Å². The van der Waals surface area contributed by atoms with Gasteiger partial charge in [0.05, 0.1) is 12.5 Å². The molecule has 1 aromatic carbocycles. The van der Waals surface area contributed by atoms with Crippen LogP contribution in [0.15, 0.2) is 24.3 Å². The number of aryl methyl sites for hydroxylation is 1. The van der Waals surface area contributed by atoms with Crippen molar-refractivity contribution in [2.75, 3.05) is 25.0 Å². The van der Waals surface area contributed by atoms with Crippen LogP contribution in [0.3, 0.4) is 0 Å². The van der Waals surface area contributed by atoms with Crippen LogP contribution >= 0.6 is 0 Å². The molecule has 1 heterocycles. The van der Waals surface area contributed by atoms with Gasteiger partial charge in [0, 0.05) is 18.8 Å². The topological polar surface area (TPSA) is 75.7 Å². The molecular weight excluding hydrogens is 296 g/mol. The van der Waals surface area contributed by atoms with Crippen molar-refractivity contribution in [3.05, 3.63) is 29.8 Å². The van der Waals surface area contributed by atoms with Crippen LogP contribution in [0, 0.1) is 12.8 Å². The number of likely N-dealkylation sites (tertiary alicyclic amines) is 1. The molecule has 1 aliphatic heterocycles. The summed E-state index contributed by atoms with van der Waals surface area (Å²) >= 11 is 0. The molecule has 124 valence electrons. The molecule has 1 N–H and O–H groups in total. The van der Waals surface area contributed by atoms with Crippen LogP contribution in [0.25, 0.3) is 0 Å². The van der Waals surface area contributed by atoms with E-state index in [-0.39, 0.29) is 11.9 Å². The van der Waals surface area contributed by atoms with E-state index in [2.05, 4.69) is 5.32 Å². The molecule has 0 bridgehead atoms. The van der Waals surface area contributed by atoms with E-state index < -0.39 is 11.8 Å². The Balaban J connectivity index is 1.85. The Morgan fingerprint density at radius 2 is 1.78 bits per heavy atom. The largest absolute Gasteiger partial charge is 0.466 e. The second kappa shape index (κ2) is 7.76. The number of benzene rings is 1. The molecule has 2 amide bonds.